The molecule has 0 saturated heterocycles. The van der Waals surface area contributed by atoms with E-state index in [0.717, 1.165) is 24.4 Å². The van der Waals surface area contributed by atoms with Crippen LogP contribution in [0.2, 0.25) is 0 Å². The third kappa shape index (κ3) is 3.30. The van der Waals surface area contributed by atoms with E-state index in [1.807, 2.05) is 6.07 Å². The van der Waals surface area contributed by atoms with Gasteiger partial charge >= 0.3 is 0 Å². The average molecular weight is 274 g/mol. The van der Waals surface area contributed by atoms with Gasteiger partial charge in [-0.3, -0.25) is 0 Å². The second-order valence-corrected chi connectivity index (χ2v) is 6.25. The number of nitrogens with zero attached hydrogens (tertiary/aromatic N) is 1. The highest BCUT2D eigenvalue weighted by atomic mass is 19.1. The zero-order valence-electron chi connectivity index (χ0n) is 12.5. The molecule has 1 aromatic rings. The zero-order chi connectivity index (χ0) is 14.7. The lowest BCUT2D eigenvalue weighted by Gasteiger charge is -2.33. The molecule has 3 heteroatoms. The summed E-state index contributed by atoms with van der Waals surface area (Å²) < 4.78 is 13.8. The van der Waals surface area contributed by atoms with Crippen molar-refractivity contribution in [2.45, 2.75) is 52.5 Å². The van der Waals surface area contributed by atoms with Gasteiger partial charge in [0.2, 0.25) is 0 Å². The molecule has 0 aliphatic heterocycles. The first-order valence-corrected chi connectivity index (χ1v) is 7.48. The van der Waals surface area contributed by atoms with Crippen molar-refractivity contribution in [3.63, 3.8) is 0 Å². The van der Waals surface area contributed by atoms with Crippen LogP contribution < -0.4 is 5.32 Å². The smallest absolute Gasteiger partial charge is 0.129 e. The average Bonchev–Trinajstić information content (AvgIpc) is 2.43. The minimum absolute atomic E-state index is 0.303. The molecule has 1 aromatic carbocycles. The number of nitrogens with one attached hydrogen (secondary N) is 1. The fourth-order valence-electron chi connectivity index (χ4n) is 3.08. The lowest BCUT2D eigenvalue weighted by Crippen LogP contribution is -2.29. The number of nitriles is 1. The summed E-state index contributed by atoms with van der Waals surface area (Å²) in [7, 11) is 0. The molecule has 1 fully saturated rings. The Kier molecular flexibility index (Phi) is 4.65. The van der Waals surface area contributed by atoms with Crippen molar-refractivity contribution in [2.75, 3.05) is 5.32 Å². The van der Waals surface area contributed by atoms with Crippen LogP contribution >= 0.6 is 0 Å². The summed E-state index contributed by atoms with van der Waals surface area (Å²) in [6.07, 6.45) is 4.78. The monoisotopic (exact) mass is 274 g/mol. The van der Waals surface area contributed by atoms with E-state index in [0.29, 0.717) is 23.1 Å². The molecule has 2 atom stereocenters. The second kappa shape index (κ2) is 6.26. The summed E-state index contributed by atoms with van der Waals surface area (Å²) in [5.41, 5.74) is 1.76. The molecule has 1 aliphatic rings. The van der Waals surface area contributed by atoms with Gasteiger partial charge in [-0.1, -0.05) is 26.7 Å². The Labute approximate surface area is 121 Å². The third-order valence-electron chi connectivity index (χ3n) is 4.49. The molecule has 108 valence electrons. The van der Waals surface area contributed by atoms with Crippen LogP contribution in [0.25, 0.3) is 0 Å². The van der Waals surface area contributed by atoms with E-state index in [9.17, 15) is 4.39 Å². The van der Waals surface area contributed by atoms with Gasteiger partial charge in [-0.15, -0.1) is 0 Å². The van der Waals surface area contributed by atoms with Crippen molar-refractivity contribution in [3.05, 3.63) is 29.1 Å². The molecule has 0 bridgehead atoms. The summed E-state index contributed by atoms with van der Waals surface area (Å²) in [4.78, 5) is 0. The number of rotatable bonds is 3. The number of halogens is 1. The largest absolute Gasteiger partial charge is 0.382 e. The van der Waals surface area contributed by atoms with Crippen LogP contribution in [0.1, 0.15) is 50.7 Å². The van der Waals surface area contributed by atoms with Crippen LogP contribution in [-0.4, -0.2) is 6.04 Å². The Morgan fingerprint density at radius 1 is 1.35 bits per heavy atom. The highest BCUT2D eigenvalue weighted by molar-refractivity contribution is 5.56. The van der Waals surface area contributed by atoms with Gasteiger partial charge in [-0.2, -0.15) is 5.26 Å². The highest BCUT2D eigenvalue weighted by Crippen LogP contribution is 2.32. The van der Waals surface area contributed by atoms with Crippen LogP contribution in [0, 0.1) is 35.9 Å². The van der Waals surface area contributed by atoms with Crippen molar-refractivity contribution in [2.24, 2.45) is 11.8 Å². The van der Waals surface area contributed by atoms with E-state index in [-0.39, 0.29) is 5.82 Å². The van der Waals surface area contributed by atoms with Gasteiger partial charge in [-0.25, -0.2) is 4.39 Å². The molecule has 0 heterocycles. The SMILES string of the molecule is Cc1c(F)cc(C#N)cc1NC1CCCC(C(C)C)C1. The first-order valence-electron chi connectivity index (χ1n) is 7.48. The molecule has 0 radical (unpaired) electrons. The Balaban J connectivity index is 2.14. The summed E-state index contributed by atoms with van der Waals surface area (Å²) in [6, 6.07) is 5.48. The van der Waals surface area contributed by atoms with Gasteiger partial charge in [0.15, 0.2) is 0 Å². The molecular formula is C17H23FN2. The summed E-state index contributed by atoms with van der Waals surface area (Å²) >= 11 is 0. The fraction of sp³-hybridized carbons (Fsp3) is 0.588. The molecule has 2 nitrogen and oxygen atoms in total. The topological polar surface area (TPSA) is 35.8 Å². The van der Waals surface area contributed by atoms with Crippen molar-refractivity contribution in [1.29, 1.82) is 5.26 Å². The maximum absolute atomic E-state index is 13.8. The van der Waals surface area contributed by atoms with E-state index in [1.165, 1.54) is 18.9 Å². The standard InChI is InChI=1S/C17H23FN2/c1-11(2)14-5-4-6-15(9-14)20-17-8-13(10-19)7-16(18)12(17)3/h7-8,11,14-15,20H,4-6,9H2,1-3H3. The van der Waals surface area contributed by atoms with Crippen molar-refractivity contribution >= 4 is 5.69 Å². The molecule has 0 spiro atoms. The van der Waals surface area contributed by atoms with Gasteiger partial charge in [0, 0.05) is 17.3 Å². The lowest BCUT2D eigenvalue weighted by molar-refractivity contribution is 0.264. The van der Waals surface area contributed by atoms with E-state index in [1.54, 1.807) is 13.0 Å². The van der Waals surface area contributed by atoms with E-state index in [2.05, 4.69) is 19.2 Å². The van der Waals surface area contributed by atoms with Gasteiger partial charge in [0.25, 0.3) is 0 Å². The molecule has 2 unspecified atom stereocenters. The third-order valence-corrected chi connectivity index (χ3v) is 4.49. The van der Waals surface area contributed by atoms with Crippen LogP contribution in [0.5, 0.6) is 0 Å². The van der Waals surface area contributed by atoms with Crippen LogP contribution in [-0.2, 0) is 0 Å². The van der Waals surface area contributed by atoms with Gasteiger partial charge < -0.3 is 5.32 Å². The zero-order valence-corrected chi connectivity index (χ0v) is 12.5. The minimum Gasteiger partial charge on any atom is -0.382 e. The van der Waals surface area contributed by atoms with Crippen LogP contribution in [0.15, 0.2) is 12.1 Å². The molecular weight excluding hydrogens is 251 g/mol. The highest BCUT2D eigenvalue weighted by Gasteiger charge is 2.24. The Bertz CT molecular complexity index is 516. The number of benzene rings is 1. The maximum atomic E-state index is 13.8. The lowest BCUT2D eigenvalue weighted by atomic mass is 9.79. The molecule has 2 rings (SSSR count). The first kappa shape index (κ1) is 14.8. The molecule has 1 aliphatic carbocycles. The molecule has 1 N–H and O–H groups in total. The summed E-state index contributed by atoms with van der Waals surface area (Å²) in [5, 5.41) is 12.4. The Morgan fingerprint density at radius 2 is 2.10 bits per heavy atom. The van der Waals surface area contributed by atoms with Gasteiger partial charge in [0.05, 0.1) is 11.6 Å². The predicted molar refractivity (Wildman–Crippen MR) is 80.1 cm³/mol. The number of hydrogen-bond acceptors (Lipinski definition) is 2. The van der Waals surface area contributed by atoms with Gasteiger partial charge in [-0.05, 0) is 43.7 Å². The molecule has 0 amide bonds. The van der Waals surface area contributed by atoms with Crippen LogP contribution in [0.3, 0.4) is 0 Å². The maximum Gasteiger partial charge on any atom is 0.129 e. The normalized spacial score (nSPS) is 22.6. The van der Waals surface area contributed by atoms with Gasteiger partial charge in [0.1, 0.15) is 5.82 Å². The second-order valence-electron chi connectivity index (χ2n) is 6.25. The number of anilines is 1. The van der Waals surface area contributed by atoms with E-state index >= 15 is 0 Å². The Morgan fingerprint density at radius 3 is 2.75 bits per heavy atom. The van der Waals surface area contributed by atoms with Crippen molar-refractivity contribution in [3.8, 4) is 6.07 Å². The molecule has 1 saturated carbocycles. The van der Waals surface area contributed by atoms with Crippen molar-refractivity contribution in [1.82, 2.24) is 0 Å². The summed E-state index contributed by atoms with van der Waals surface area (Å²) in [5.74, 6) is 1.14. The van der Waals surface area contributed by atoms with E-state index < -0.39 is 0 Å². The first-order chi connectivity index (χ1) is 9.51. The molecule has 20 heavy (non-hydrogen) atoms. The van der Waals surface area contributed by atoms with E-state index in [4.69, 9.17) is 5.26 Å². The molecule has 0 aromatic heterocycles. The minimum atomic E-state index is -0.303. The Hall–Kier alpha value is -1.56. The number of hydrogen-bond donors (Lipinski definition) is 1. The fourth-order valence-corrected chi connectivity index (χ4v) is 3.08. The van der Waals surface area contributed by atoms with Crippen LogP contribution in [0.4, 0.5) is 10.1 Å². The predicted octanol–water partition coefficient (Wildman–Crippen LogP) is 4.63. The quantitative estimate of drug-likeness (QED) is 0.872. The summed E-state index contributed by atoms with van der Waals surface area (Å²) in [6.45, 7) is 6.31. The van der Waals surface area contributed by atoms with Crippen molar-refractivity contribution < 1.29 is 4.39 Å².